The summed E-state index contributed by atoms with van der Waals surface area (Å²) >= 11 is 0. The second-order valence-corrected chi connectivity index (χ2v) is 21.6. The monoisotopic (exact) mass is 1050 g/mol. The highest BCUT2D eigenvalue weighted by Crippen LogP contribution is 2.52. The maximum atomic E-state index is 10.1. The fourth-order valence-electron chi connectivity index (χ4n) is 12.3. The molecule has 82 heavy (non-hydrogen) atoms. The summed E-state index contributed by atoms with van der Waals surface area (Å²) < 4.78 is 3.83. The quantitative estimate of drug-likeness (QED) is 0.133. The molecule has 0 atom stereocenters. The van der Waals surface area contributed by atoms with Gasteiger partial charge in [0, 0.05) is 56.6 Å². The Morgan fingerprint density at radius 3 is 1.43 bits per heavy atom. The lowest BCUT2D eigenvalue weighted by atomic mass is 9.82. The van der Waals surface area contributed by atoms with Crippen LogP contribution in [0.5, 0.6) is 0 Å². The van der Waals surface area contributed by atoms with Crippen molar-refractivity contribution in [1.29, 1.82) is 5.26 Å². The number of nitrogens with zero attached hydrogens (tertiary/aromatic N) is 9. The lowest BCUT2D eigenvalue weighted by molar-refractivity contribution is 0.661. The van der Waals surface area contributed by atoms with E-state index in [1.54, 1.807) is 11.6 Å². The first-order valence-corrected chi connectivity index (χ1v) is 27.4. The summed E-state index contributed by atoms with van der Waals surface area (Å²) in [5.74, 6) is 1.84. The molecule has 0 saturated heterocycles. The number of benzene rings is 9. The Bertz CT molecular complexity index is 4540. The van der Waals surface area contributed by atoms with Crippen LogP contribution < -0.4 is 0 Å². The van der Waals surface area contributed by atoms with Gasteiger partial charge in [-0.05, 0) is 118 Å². The predicted molar refractivity (Wildman–Crippen MR) is 330 cm³/mol. The molecule has 14 rings (SSSR count). The van der Waals surface area contributed by atoms with E-state index in [9.17, 15) is 5.26 Å². The number of hydrogen-bond acceptors (Lipinski definition) is 6. The van der Waals surface area contributed by atoms with E-state index in [-0.39, 0.29) is 16.9 Å². The van der Waals surface area contributed by atoms with E-state index in [0.717, 1.165) is 111 Å². The topological polar surface area (TPSA) is 102 Å². The SMILES string of the molecule is [C-]#[N+]c1nc(-n2c3ccccc3c3cc4c(cc32)C(C)(C)c2ccc(-c3cccc(-c5c(C)c(-c6nc(-c7ccccc7)cc(-c7ccccc7)n6)cc(-c6nc(-c7ccccc7)cc(-c7ccccc7)n6)c5C)c3)cc2-4)n(C)c1C#N. The van der Waals surface area contributed by atoms with E-state index >= 15 is 0 Å². The van der Waals surface area contributed by atoms with Crippen molar-refractivity contribution in [2.45, 2.75) is 33.1 Å². The first kappa shape index (κ1) is 49.4. The second kappa shape index (κ2) is 19.5. The molecule has 388 valence electrons. The van der Waals surface area contributed by atoms with Gasteiger partial charge in [0.15, 0.2) is 11.6 Å². The zero-order valence-corrected chi connectivity index (χ0v) is 45.8. The lowest BCUT2D eigenvalue weighted by Gasteiger charge is -2.22. The highest BCUT2D eigenvalue weighted by Gasteiger charge is 2.37. The number of nitriles is 1. The molecule has 0 fully saturated rings. The van der Waals surface area contributed by atoms with Crippen molar-refractivity contribution in [1.82, 2.24) is 34.1 Å². The third-order valence-electron chi connectivity index (χ3n) is 16.5. The molecule has 0 saturated carbocycles. The van der Waals surface area contributed by atoms with Gasteiger partial charge in [-0.3, -0.25) is 9.13 Å². The Kier molecular flexibility index (Phi) is 11.7. The van der Waals surface area contributed by atoms with E-state index in [0.29, 0.717) is 17.6 Å². The third-order valence-corrected chi connectivity index (χ3v) is 16.5. The molecule has 9 aromatic carbocycles. The predicted octanol–water partition coefficient (Wildman–Crippen LogP) is 17.8. The largest absolute Gasteiger partial charge is 0.358 e. The number of fused-ring (bicyclic) bond motifs is 6. The average Bonchev–Trinajstić information content (AvgIpc) is 3.32. The molecular weight excluding hydrogens is 1000 g/mol. The van der Waals surface area contributed by atoms with Crippen LogP contribution in [0.2, 0.25) is 0 Å². The van der Waals surface area contributed by atoms with Gasteiger partial charge in [0.1, 0.15) is 11.8 Å². The van der Waals surface area contributed by atoms with Crippen LogP contribution in [0.1, 0.15) is 41.8 Å². The zero-order chi connectivity index (χ0) is 55.8. The Hall–Kier alpha value is -10.9. The van der Waals surface area contributed by atoms with Gasteiger partial charge in [0.05, 0.1) is 33.8 Å². The second-order valence-electron chi connectivity index (χ2n) is 21.6. The summed E-state index contributed by atoms with van der Waals surface area (Å²) in [6.07, 6.45) is 0. The fraction of sp³-hybridized carbons (Fsp3) is 0.0822. The molecule has 0 bridgehead atoms. The summed E-state index contributed by atoms with van der Waals surface area (Å²) in [6, 6.07) is 78.6. The average molecular weight is 1050 g/mol. The minimum Gasteiger partial charge on any atom is -0.358 e. The van der Waals surface area contributed by atoms with Crippen molar-refractivity contribution >= 4 is 27.6 Å². The van der Waals surface area contributed by atoms with Crippen LogP contribution in [0.3, 0.4) is 0 Å². The molecule has 1 aliphatic rings. The molecule has 0 amide bonds. The van der Waals surface area contributed by atoms with Gasteiger partial charge in [-0.1, -0.05) is 195 Å². The van der Waals surface area contributed by atoms with Crippen LogP contribution >= 0.6 is 0 Å². The lowest BCUT2D eigenvalue weighted by Crippen LogP contribution is -2.15. The van der Waals surface area contributed by atoms with Crippen LogP contribution in [0.25, 0.3) is 134 Å². The van der Waals surface area contributed by atoms with Crippen molar-refractivity contribution in [3.63, 3.8) is 0 Å². The van der Waals surface area contributed by atoms with Crippen molar-refractivity contribution in [2.75, 3.05) is 0 Å². The first-order valence-electron chi connectivity index (χ1n) is 27.4. The Morgan fingerprint density at radius 2 is 0.915 bits per heavy atom. The highest BCUT2D eigenvalue weighted by atomic mass is 15.3. The van der Waals surface area contributed by atoms with Gasteiger partial charge in [-0.15, -0.1) is 0 Å². The van der Waals surface area contributed by atoms with Crippen molar-refractivity contribution < 1.29 is 0 Å². The molecule has 0 spiro atoms. The third kappa shape index (κ3) is 8.09. The molecule has 1 aliphatic carbocycles. The standard InChI is InChI=1S/C73H51N9/c1-44-54(69-76-61(46-22-11-7-12-23-46)41-62(77-69)47-24-13-8-14-25-47)38-55(70-78-63(48-26-15-9-16-27-48)42-64(79-70)49-28-17-10-18-29-49)45(2)68(44)52-31-21-30-50(36-52)51-34-35-59-56(37-51)57-39-58-53-32-19-20-33-65(53)82(66(58)40-60(57)73(59,3)4)72-80-71(75-5)67(43-74)81(72)6/h7-42H,1-4,6H3. The van der Waals surface area contributed by atoms with Crippen molar-refractivity contribution in [3.05, 3.63) is 258 Å². The van der Waals surface area contributed by atoms with Crippen LogP contribution in [0.15, 0.2) is 218 Å². The molecule has 0 unspecified atom stereocenters. The van der Waals surface area contributed by atoms with Gasteiger partial charge < -0.3 is 4.85 Å². The normalized spacial score (nSPS) is 12.3. The fourth-order valence-corrected chi connectivity index (χ4v) is 12.3. The maximum Gasteiger partial charge on any atom is 0.311 e. The molecule has 9 nitrogen and oxygen atoms in total. The van der Waals surface area contributed by atoms with Crippen LogP contribution in [-0.2, 0) is 12.5 Å². The zero-order valence-electron chi connectivity index (χ0n) is 45.8. The molecule has 4 heterocycles. The first-order chi connectivity index (χ1) is 40.1. The minimum absolute atomic E-state index is 0.0926. The Balaban J connectivity index is 0.960. The van der Waals surface area contributed by atoms with E-state index < -0.39 is 0 Å². The number of para-hydroxylation sites is 1. The molecule has 0 radical (unpaired) electrons. The Labute approximate surface area is 475 Å². The summed E-state index contributed by atoms with van der Waals surface area (Å²) in [7, 11) is 1.81. The van der Waals surface area contributed by atoms with E-state index in [2.05, 4.69) is 183 Å². The summed E-state index contributed by atoms with van der Waals surface area (Å²) in [5, 5.41) is 12.2. The van der Waals surface area contributed by atoms with Crippen LogP contribution in [0.4, 0.5) is 5.82 Å². The number of imidazole rings is 1. The minimum atomic E-state index is -0.340. The number of hydrogen-bond donors (Lipinski definition) is 0. The number of aromatic nitrogens is 7. The summed E-state index contributed by atoms with van der Waals surface area (Å²) in [4.78, 5) is 30.0. The summed E-state index contributed by atoms with van der Waals surface area (Å²) in [6.45, 7) is 16.8. The van der Waals surface area contributed by atoms with E-state index in [4.69, 9.17) is 31.5 Å². The van der Waals surface area contributed by atoms with Gasteiger partial charge in [0.25, 0.3) is 0 Å². The van der Waals surface area contributed by atoms with Gasteiger partial charge in [-0.25, -0.2) is 19.9 Å². The van der Waals surface area contributed by atoms with Crippen molar-refractivity contribution in [2.24, 2.45) is 7.05 Å². The smallest absolute Gasteiger partial charge is 0.311 e. The van der Waals surface area contributed by atoms with Gasteiger partial charge in [-0.2, -0.15) is 5.26 Å². The molecular formula is C73H51N9. The van der Waals surface area contributed by atoms with Crippen LogP contribution in [-0.4, -0.2) is 34.1 Å². The highest BCUT2D eigenvalue weighted by molar-refractivity contribution is 6.11. The number of rotatable bonds is 9. The maximum absolute atomic E-state index is 10.1. The van der Waals surface area contributed by atoms with Crippen molar-refractivity contribution in [3.8, 4) is 113 Å². The Morgan fingerprint density at radius 1 is 0.439 bits per heavy atom. The molecule has 13 aromatic rings. The molecule has 4 aromatic heterocycles. The summed E-state index contributed by atoms with van der Waals surface area (Å²) in [5.41, 5.74) is 22.1. The molecule has 0 N–H and O–H groups in total. The van der Waals surface area contributed by atoms with E-state index in [1.807, 2.05) is 78.9 Å². The van der Waals surface area contributed by atoms with Gasteiger partial charge in [0.2, 0.25) is 0 Å². The van der Waals surface area contributed by atoms with E-state index in [1.165, 1.54) is 22.3 Å². The molecule has 0 aliphatic heterocycles. The molecule has 9 heteroatoms. The van der Waals surface area contributed by atoms with Gasteiger partial charge >= 0.3 is 11.8 Å². The van der Waals surface area contributed by atoms with Crippen LogP contribution in [0, 0.1) is 31.8 Å².